The molecule has 2 aromatic rings. The average molecular weight is 479 g/mol. The molecule has 2 amide bonds. The van der Waals surface area contributed by atoms with Crippen LogP contribution in [0.1, 0.15) is 62.5 Å². The third-order valence-corrected chi connectivity index (χ3v) is 7.45. The van der Waals surface area contributed by atoms with E-state index in [4.69, 9.17) is 9.84 Å². The van der Waals surface area contributed by atoms with Gasteiger partial charge in [-0.3, -0.25) is 9.59 Å². The first-order chi connectivity index (χ1) is 16.9. The third kappa shape index (κ3) is 5.50. The summed E-state index contributed by atoms with van der Waals surface area (Å²) in [7, 11) is 0. The maximum absolute atomic E-state index is 13.2. The molecule has 0 spiro atoms. The van der Waals surface area contributed by atoms with Gasteiger partial charge in [-0.05, 0) is 35.1 Å². The van der Waals surface area contributed by atoms with E-state index in [1.165, 1.54) is 11.1 Å². The van der Waals surface area contributed by atoms with Crippen molar-refractivity contribution < 1.29 is 24.2 Å². The quantitative estimate of drug-likeness (QED) is 0.477. The molecule has 0 bridgehead atoms. The molecule has 4 rings (SSSR count). The van der Waals surface area contributed by atoms with E-state index in [0.29, 0.717) is 12.8 Å². The van der Waals surface area contributed by atoms with Crippen molar-refractivity contribution in [1.82, 2.24) is 10.6 Å². The van der Waals surface area contributed by atoms with E-state index in [2.05, 4.69) is 34.9 Å². The normalized spacial score (nSPS) is 17.4. The molecule has 0 radical (unpaired) electrons. The van der Waals surface area contributed by atoms with Gasteiger partial charge in [-0.2, -0.15) is 0 Å². The first-order valence-electron chi connectivity index (χ1n) is 12.5. The summed E-state index contributed by atoms with van der Waals surface area (Å²) >= 11 is 0. The van der Waals surface area contributed by atoms with Crippen molar-refractivity contribution in [3.8, 4) is 11.1 Å². The Morgan fingerprint density at radius 2 is 1.51 bits per heavy atom. The summed E-state index contributed by atoms with van der Waals surface area (Å²) in [6, 6.07) is 16.4. The Hall–Kier alpha value is -3.35. The van der Waals surface area contributed by atoms with Gasteiger partial charge in [0.05, 0.1) is 11.3 Å². The Balaban J connectivity index is 1.38. The molecule has 7 nitrogen and oxygen atoms in total. The molecule has 0 aromatic heterocycles. The lowest BCUT2D eigenvalue weighted by molar-refractivity contribution is -0.141. The van der Waals surface area contributed by atoms with Crippen LogP contribution in [0.15, 0.2) is 48.5 Å². The number of carboxylic acids is 1. The maximum Gasteiger partial charge on any atom is 0.407 e. The fourth-order valence-electron chi connectivity index (χ4n) is 5.30. The van der Waals surface area contributed by atoms with Gasteiger partial charge in [-0.1, -0.05) is 81.1 Å². The molecule has 1 fully saturated rings. The molecular weight excluding hydrogens is 444 g/mol. The van der Waals surface area contributed by atoms with Gasteiger partial charge in [0.15, 0.2) is 0 Å². The van der Waals surface area contributed by atoms with Gasteiger partial charge in [0.1, 0.15) is 6.61 Å². The number of fused-ring (bicyclic) bond motifs is 3. The van der Waals surface area contributed by atoms with Crippen LogP contribution in [0.2, 0.25) is 0 Å². The van der Waals surface area contributed by atoms with Crippen LogP contribution >= 0.6 is 0 Å². The maximum atomic E-state index is 13.2. The zero-order chi connectivity index (χ0) is 24.8. The molecule has 186 valence electrons. The van der Waals surface area contributed by atoms with Gasteiger partial charge in [0.25, 0.3) is 0 Å². The predicted molar refractivity (Wildman–Crippen MR) is 133 cm³/mol. The number of aliphatic carboxylic acids is 1. The van der Waals surface area contributed by atoms with E-state index in [0.717, 1.165) is 36.8 Å². The summed E-state index contributed by atoms with van der Waals surface area (Å²) in [5.74, 6) is -1.83. The predicted octanol–water partition coefficient (Wildman–Crippen LogP) is 4.70. The van der Waals surface area contributed by atoms with Gasteiger partial charge >= 0.3 is 12.1 Å². The number of benzene rings is 2. The summed E-state index contributed by atoms with van der Waals surface area (Å²) in [5.41, 5.74) is 3.88. The highest BCUT2D eigenvalue weighted by molar-refractivity contribution is 5.84. The second-order valence-electron chi connectivity index (χ2n) is 9.82. The number of amides is 2. The van der Waals surface area contributed by atoms with Crippen LogP contribution < -0.4 is 10.6 Å². The lowest BCUT2D eigenvalue weighted by Crippen LogP contribution is -2.49. The Bertz CT molecular complexity index is 1030. The first kappa shape index (κ1) is 24.8. The number of carboxylic acid groups (broad SMARTS) is 1. The van der Waals surface area contributed by atoms with Crippen LogP contribution in [-0.2, 0) is 14.3 Å². The highest BCUT2D eigenvalue weighted by Crippen LogP contribution is 2.44. The molecular formula is C28H34N2O5. The second kappa shape index (κ2) is 10.9. The van der Waals surface area contributed by atoms with Crippen LogP contribution in [-0.4, -0.2) is 42.8 Å². The highest BCUT2D eigenvalue weighted by Gasteiger charge is 2.39. The molecule has 7 heteroatoms. The first-order valence-corrected chi connectivity index (χ1v) is 12.5. The van der Waals surface area contributed by atoms with Crippen molar-refractivity contribution in [2.24, 2.45) is 11.3 Å². The van der Waals surface area contributed by atoms with Crippen LogP contribution in [0.4, 0.5) is 4.79 Å². The standard InChI is InChI=1S/C28H34N2O5/c1-19(25(31)32)16-29-26(33)28(14-8-2-3-9-15-28)18-30-27(34)35-17-24-22-12-6-4-10-20(22)21-11-5-7-13-23(21)24/h4-7,10-13,19,24H,2-3,8-9,14-18H2,1H3,(H,29,33)(H,30,34)(H,31,32). The van der Waals surface area contributed by atoms with Gasteiger partial charge in [0.2, 0.25) is 5.91 Å². The van der Waals surface area contributed by atoms with Crippen molar-refractivity contribution in [2.45, 2.75) is 51.4 Å². The number of nitrogens with one attached hydrogen (secondary N) is 2. The SMILES string of the molecule is CC(CNC(=O)C1(CNC(=O)OCC2c3ccccc3-c3ccccc32)CCCCCC1)C(=O)O. The minimum atomic E-state index is -0.947. The van der Waals surface area contributed by atoms with Crippen LogP contribution in [0, 0.1) is 11.3 Å². The smallest absolute Gasteiger partial charge is 0.407 e. The third-order valence-electron chi connectivity index (χ3n) is 7.45. The minimum absolute atomic E-state index is 0.0270. The summed E-state index contributed by atoms with van der Waals surface area (Å²) in [5, 5.41) is 14.8. The van der Waals surface area contributed by atoms with Gasteiger partial charge < -0.3 is 20.5 Å². The summed E-state index contributed by atoms with van der Waals surface area (Å²) < 4.78 is 5.66. The molecule has 1 saturated carbocycles. The highest BCUT2D eigenvalue weighted by atomic mass is 16.5. The average Bonchev–Trinajstić information content (AvgIpc) is 3.00. The number of hydrogen-bond acceptors (Lipinski definition) is 4. The molecule has 0 aliphatic heterocycles. The van der Waals surface area contributed by atoms with E-state index >= 15 is 0 Å². The Kier molecular flexibility index (Phi) is 7.73. The van der Waals surface area contributed by atoms with E-state index in [1.807, 2.05) is 24.3 Å². The number of alkyl carbamates (subject to hydrolysis) is 1. The largest absolute Gasteiger partial charge is 0.481 e. The van der Waals surface area contributed by atoms with Gasteiger partial charge in [-0.25, -0.2) is 4.79 Å². The van der Waals surface area contributed by atoms with Crippen molar-refractivity contribution in [3.05, 3.63) is 59.7 Å². The van der Waals surface area contributed by atoms with Gasteiger partial charge in [-0.15, -0.1) is 0 Å². The van der Waals surface area contributed by atoms with Gasteiger partial charge in [0, 0.05) is 19.0 Å². The molecule has 35 heavy (non-hydrogen) atoms. The van der Waals surface area contributed by atoms with Crippen LogP contribution in [0.3, 0.4) is 0 Å². The number of carbonyl (C=O) groups is 3. The van der Waals surface area contributed by atoms with E-state index in [-0.39, 0.29) is 31.5 Å². The zero-order valence-electron chi connectivity index (χ0n) is 20.2. The summed E-state index contributed by atoms with van der Waals surface area (Å²) in [6.45, 7) is 2.03. The number of carbonyl (C=O) groups excluding carboxylic acids is 2. The summed E-state index contributed by atoms with van der Waals surface area (Å²) in [6.07, 6.45) is 4.66. The Labute approximate surface area is 206 Å². The fourth-order valence-corrected chi connectivity index (χ4v) is 5.30. The molecule has 2 aliphatic carbocycles. The molecule has 1 unspecified atom stereocenters. The molecule has 2 aliphatic rings. The van der Waals surface area contributed by atoms with Crippen molar-refractivity contribution in [3.63, 3.8) is 0 Å². The Morgan fingerprint density at radius 3 is 2.09 bits per heavy atom. The zero-order valence-corrected chi connectivity index (χ0v) is 20.2. The molecule has 0 heterocycles. The molecule has 1 atom stereocenters. The van der Waals surface area contributed by atoms with Crippen molar-refractivity contribution in [1.29, 1.82) is 0 Å². The van der Waals surface area contributed by atoms with E-state index < -0.39 is 23.4 Å². The topological polar surface area (TPSA) is 105 Å². The van der Waals surface area contributed by atoms with Crippen LogP contribution in [0.25, 0.3) is 11.1 Å². The second-order valence-corrected chi connectivity index (χ2v) is 9.82. The lowest BCUT2D eigenvalue weighted by Gasteiger charge is -2.32. The fraction of sp³-hybridized carbons (Fsp3) is 0.464. The van der Waals surface area contributed by atoms with E-state index in [1.54, 1.807) is 6.92 Å². The Morgan fingerprint density at radius 1 is 0.943 bits per heavy atom. The lowest BCUT2D eigenvalue weighted by atomic mass is 9.79. The van der Waals surface area contributed by atoms with E-state index in [9.17, 15) is 14.4 Å². The molecule has 3 N–H and O–H groups in total. The number of rotatable bonds is 8. The van der Waals surface area contributed by atoms with Crippen molar-refractivity contribution >= 4 is 18.0 Å². The van der Waals surface area contributed by atoms with Crippen molar-refractivity contribution in [2.75, 3.05) is 19.7 Å². The molecule has 0 saturated heterocycles. The number of ether oxygens (including phenoxy) is 1. The minimum Gasteiger partial charge on any atom is -0.481 e. The van der Waals surface area contributed by atoms with Crippen LogP contribution in [0.5, 0.6) is 0 Å². The monoisotopic (exact) mass is 478 g/mol. The number of hydrogen-bond donors (Lipinski definition) is 3. The molecule has 2 aromatic carbocycles. The summed E-state index contributed by atoms with van der Waals surface area (Å²) in [4.78, 5) is 37.0.